The number of amides is 2. The van der Waals surface area contributed by atoms with Gasteiger partial charge in [0.05, 0.1) is 12.5 Å². The monoisotopic (exact) mass is 532 g/mol. The third kappa shape index (κ3) is 12.7. The second-order valence-electron chi connectivity index (χ2n) is 8.50. The Bertz CT molecular complexity index is 767. The summed E-state index contributed by atoms with van der Waals surface area (Å²) in [6, 6.07) is 6.78. The van der Waals surface area contributed by atoms with E-state index in [9.17, 15) is 24.3 Å². The molecule has 0 bridgehead atoms. The number of carbonyl (C=O) groups is 4. The number of nitrogens with one attached hydrogen (secondary N) is 2. The van der Waals surface area contributed by atoms with Crippen molar-refractivity contribution in [2.24, 2.45) is 0 Å². The van der Waals surface area contributed by atoms with Gasteiger partial charge in [0.2, 0.25) is 5.91 Å². The Labute approximate surface area is 203 Å². The largest absolute Gasteiger partial charge is 1.00 e. The Morgan fingerprint density at radius 3 is 2.12 bits per heavy atom. The number of halogens is 1. The number of aliphatic carboxylic acids is 1. The van der Waals surface area contributed by atoms with Crippen LogP contribution in [-0.2, 0) is 36.4 Å². The lowest BCUT2D eigenvalue weighted by Gasteiger charge is -2.24. The van der Waals surface area contributed by atoms with E-state index in [2.05, 4.69) is 10.6 Å². The minimum atomic E-state index is -1.23. The van der Waals surface area contributed by atoms with Crippen molar-refractivity contribution >= 4 is 34.6 Å². The molecule has 8 nitrogen and oxygen atoms in total. The fraction of sp³-hybridized carbons (Fsp3) is 0.545. The van der Waals surface area contributed by atoms with Gasteiger partial charge in [0.15, 0.2) is 11.5 Å². The van der Waals surface area contributed by atoms with E-state index < -0.39 is 35.7 Å². The van der Waals surface area contributed by atoms with Crippen molar-refractivity contribution in [3.05, 3.63) is 35.9 Å². The summed E-state index contributed by atoms with van der Waals surface area (Å²) in [4.78, 5) is 48.7. The number of rotatable bonds is 11. The maximum atomic E-state index is 12.9. The number of carbonyl (C=O) groups excluding carboxylic acids is 3. The summed E-state index contributed by atoms with van der Waals surface area (Å²) in [5, 5.41) is 14.5. The molecule has 180 valence electrons. The molecule has 1 rings (SSSR count). The van der Waals surface area contributed by atoms with Crippen molar-refractivity contribution < 1.29 is 46.0 Å². The molecule has 10 heteroatoms. The molecule has 1 aromatic rings. The van der Waals surface area contributed by atoms with Gasteiger partial charge in [0.1, 0.15) is 17.7 Å². The second kappa shape index (κ2) is 14.2. The van der Waals surface area contributed by atoms with E-state index in [-0.39, 0.29) is 52.9 Å². The first-order valence-corrected chi connectivity index (χ1v) is 12.2. The van der Waals surface area contributed by atoms with Crippen molar-refractivity contribution in [1.29, 1.82) is 0 Å². The van der Waals surface area contributed by atoms with E-state index in [1.807, 2.05) is 18.6 Å². The third-order valence-electron chi connectivity index (χ3n) is 4.07. The van der Waals surface area contributed by atoms with Gasteiger partial charge >= 0.3 is 12.1 Å². The fourth-order valence-corrected chi connectivity index (χ4v) is 3.53. The molecule has 2 amide bonds. The van der Waals surface area contributed by atoms with Crippen molar-refractivity contribution in [3.8, 4) is 0 Å². The standard InChI is InChI=1S/C22H32N2O6S.BrH/c1-22(2,3)30-21(29)24-18(13-15-9-7-6-8-10-15)19(26)23-17(20(27)28)12-11-16(25)14-31(4)5;/h6-10,17-18H,11-14H2,1-5H3,(H2-,23,24,26,27,28,29);1H. The van der Waals surface area contributed by atoms with Crippen molar-refractivity contribution in [1.82, 2.24) is 10.6 Å². The maximum absolute atomic E-state index is 12.9. The molecule has 0 aliphatic carbocycles. The minimum absolute atomic E-state index is 0. The van der Waals surface area contributed by atoms with Crippen LogP contribution in [0.15, 0.2) is 30.3 Å². The van der Waals surface area contributed by atoms with E-state index in [1.54, 1.807) is 45.0 Å². The molecule has 0 aliphatic heterocycles. The van der Waals surface area contributed by atoms with Gasteiger partial charge < -0.3 is 37.5 Å². The Morgan fingerprint density at radius 2 is 1.62 bits per heavy atom. The highest BCUT2D eigenvalue weighted by atomic mass is 79.9. The number of ketones is 1. The molecule has 0 radical (unpaired) electrons. The molecule has 3 N–H and O–H groups in total. The van der Waals surface area contributed by atoms with Crippen LogP contribution in [0.4, 0.5) is 4.79 Å². The molecule has 32 heavy (non-hydrogen) atoms. The predicted octanol–water partition coefficient (Wildman–Crippen LogP) is -1.08. The SMILES string of the molecule is C[S+](C)CC(=O)CCC(NC(=O)C(Cc1ccccc1)NC(=O)OC(C)(C)C)C(=O)O.[Br-]. The summed E-state index contributed by atoms with van der Waals surface area (Å²) in [7, 11) is -0.0728. The summed E-state index contributed by atoms with van der Waals surface area (Å²) >= 11 is 0. The lowest BCUT2D eigenvalue weighted by molar-refractivity contribution is -0.142. The van der Waals surface area contributed by atoms with Crippen LogP contribution in [-0.4, -0.2) is 64.8 Å². The third-order valence-corrected chi connectivity index (χ3v) is 4.97. The van der Waals surface area contributed by atoms with Crippen molar-refractivity contribution in [2.45, 2.75) is 57.7 Å². The average molecular weight is 533 g/mol. The number of Topliss-reactive ketones (excluding diaryl/α,β-unsaturated/α-hetero) is 1. The van der Waals surface area contributed by atoms with Gasteiger partial charge in [-0.15, -0.1) is 0 Å². The topological polar surface area (TPSA) is 122 Å². The van der Waals surface area contributed by atoms with Crippen LogP contribution >= 0.6 is 0 Å². The molecule has 0 saturated heterocycles. The Kier molecular flexibility index (Phi) is 13.2. The van der Waals surface area contributed by atoms with Crippen LogP contribution in [0, 0.1) is 0 Å². The van der Waals surface area contributed by atoms with Gasteiger partial charge in [-0.2, -0.15) is 0 Å². The van der Waals surface area contributed by atoms with Gasteiger partial charge in [0.25, 0.3) is 0 Å². The van der Waals surface area contributed by atoms with Crippen LogP contribution in [0.3, 0.4) is 0 Å². The number of hydrogen-bond donors (Lipinski definition) is 3. The summed E-state index contributed by atoms with van der Waals surface area (Å²) < 4.78 is 5.23. The van der Waals surface area contributed by atoms with Gasteiger partial charge in [-0.05, 0) is 43.7 Å². The zero-order chi connectivity index (χ0) is 23.6. The summed E-state index contributed by atoms with van der Waals surface area (Å²) in [6.07, 6.45) is 3.30. The second-order valence-corrected chi connectivity index (χ2v) is 10.8. The van der Waals surface area contributed by atoms with Crippen LogP contribution in [0.1, 0.15) is 39.2 Å². The maximum Gasteiger partial charge on any atom is 0.408 e. The Balaban J connectivity index is 0.00000961. The predicted molar refractivity (Wildman–Crippen MR) is 121 cm³/mol. The number of hydrogen-bond acceptors (Lipinski definition) is 5. The van der Waals surface area contributed by atoms with E-state index in [1.165, 1.54) is 0 Å². The van der Waals surface area contributed by atoms with Crippen molar-refractivity contribution in [3.63, 3.8) is 0 Å². The van der Waals surface area contributed by atoms with E-state index >= 15 is 0 Å². The van der Waals surface area contributed by atoms with Crippen LogP contribution in [0.5, 0.6) is 0 Å². The quantitative estimate of drug-likeness (QED) is 0.312. The molecule has 0 heterocycles. The first kappa shape index (κ1) is 29.9. The molecule has 1 aromatic carbocycles. The number of ether oxygens (including phenoxy) is 1. The normalized spacial score (nSPS) is 12.8. The Morgan fingerprint density at radius 1 is 1.03 bits per heavy atom. The molecular formula is C22H33BrN2O6S. The highest BCUT2D eigenvalue weighted by Gasteiger charge is 2.29. The van der Waals surface area contributed by atoms with Crippen LogP contribution in [0.25, 0.3) is 0 Å². The van der Waals surface area contributed by atoms with Crippen LogP contribution < -0.4 is 27.6 Å². The summed E-state index contributed by atoms with van der Waals surface area (Å²) in [6.45, 7) is 5.11. The van der Waals surface area contributed by atoms with Gasteiger partial charge in [-0.1, -0.05) is 30.3 Å². The highest BCUT2D eigenvalue weighted by Crippen LogP contribution is 2.09. The average Bonchev–Trinajstić information content (AvgIpc) is 2.62. The number of carboxylic acids is 1. The Hall–Kier alpha value is -2.07. The zero-order valence-corrected chi connectivity index (χ0v) is 21.5. The lowest BCUT2D eigenvalue weighted by atomic mass is 10.0. The molecule has 0 saturated carbocycles. The van der Waals surface area contributed by atoms with Gasteiger partial charge in [-0.3, -0.25) is 9.59 Å². The van der Waals surface area contributed by atoms with Crippen molar-refractivity contribution in [2.75, 3.05) is 18.3 Å². The molecule has 0 fully saturated rings. The number of benzene rings is 1. The molecule has 0 aromatic heterocycles. The minimum Gasteiger partial charge on any atom is -1.00 e. The number of carboxylic acid groups (broad SMARTS) is 1. The first-order valence-electron chi connectivity index (χ1n) is 10.00. The fourth-order valence-electron chi connectivity index (χ4n) is 2.74. The van der Waals surface area contributed by atoms with E-state index in [0.29, 0.717) is 5.75 Å². The smallest absolute Gasteiger partial charge is 0.408 e. The number of alkyl carbamates (subject to hydrolysis) is 1. The molecule has 0 aliphatic rings. The molecular weight excluding hydrogens is 500 g/mol. The summed E-state index contributed by atoms with van der Waals surface area (Å²) in [5.41, 5.74) is 0.0394. The highest BCUT2D eigenvalue weighted by molar-refractivity contribution is 7.96. The van der Waals surface area contributed by atoms with E-state index in [0.717, 1.165) is 5.56 Å². The molecule has 2 atom stereocenters. The van der Waals surface area contributed by atoms with E-state index in [4.69, 9.17) is 4.74 Å². The molecule has 0 spiro atoms. The summed E-state index contributed by atoms with van der Waals surface area (Å²) in [5.74, 6) is -1.54. The van der Waals surface area contributed by atoms with Gasteiger partial charge in [-0.25, -0.2) is 9.59 Å². The van der Waals surface area contributed by atoms with Gasteiger partial charge in [0, 0.05) is 12.8 Å². The zero-order valence-electron chi connectivity index (χ0n) is 19.1. The van der Waals surface area contributed by atoms with Crippen LogP contribution in [0.2, 0.25) is 0 Å². The first-order chi connectivity index (χ1) is 14.4. The lowest BCUT2D eigenvalue weighted by Crippen LogP contribution is -3.00. The molecule has 2 unspecified atom stereocenters.